The molecule has 2 aromatic heterocycles. The molecular weight excluding hydrogens is 420 g/mol. The zero-order valence-corrected chi connectivity index (χ0v) is 18.3. The highest BCUT2D eigenvalue weighted by molar-refractivity contribution is 7.93. The van der Waals surface area contributed by atoms with Gasteiger partial charge in [0, 0.05) is 14.5 Å². The van der Waals surface area contributed by atoms with Crippen LogP contribution >= 0.6 is 34.3 Å². The number of hydrogen-bond donors (Lipinski definition) is 1. The maximum Gasteiger partial charge on any atom is 0.165 e. The Morgan fingerprint density at radius 1 is 1.11 bits per heavy atom. The van der Waals surface area contributed by atoms with Crippen molar-refractivity contribution in [3.05, 3.63) is 46.3 Å². The van der Waals surface area contributed by atoms with E-state index in [0.29, 0.717) is 5.02 Å². The molecule has 27 heavy (non-hydrogen) atoms. The molecule has 0 aliphatic carbocycles. The lowest BCUT2D eigenvalue weighted by Gasteiger charge is -2.37. The van der Waals surface area contributed by atoms with Crippen LogP contribution in [0.3, 0.4) is 0 Å². The number of benzene rings is 1. The summed E-state index contributed by atoms with van der Waals surface area (Å²) in [4.78, 5) is 7.44. The Hall–Kier alpha value is -1.41. The molecule has 142 valence electrons. The molecule has 3 aromatic rings. The summed E-state index contributed by atoms with van der Waals surface area (Å²) in [5.41, 5.74) is 5.08. The maximum absolute atomic E-state index is 12.8. The van der Waals surface area contributed by atoms with Crippen molar-refractivity contribution in [1.82, 2.24) is 0 Å². The fraction of sp³-hybridized carbons (Fsp3) is 0.316. The number of thiophene rings is 2. The van der Waals surface area contributed by atoms with Crippen molar-refractivity contribution in [3.63, 3.8) is 0 Å². The molecule has 0 amide bonds. The minimum absolute atomic E-state index is 0.111. The van der Waals surface area contributed by atoms with Crippen LogP contribution in [0.5, 0.6) is 0 Å². The lowest BCUT2D eigenvalue weighted by Crippen LogP contribution is -2.54. The first-order valence-electron chi connectivity index (χ1n) is 8.40. The summed E-state index contributed by atoms with van der Waals surface area (Å²) >= 11 is 9.72. The molecule has 0 saturated carbocycles. The first-order valence-corrected chi connectivity index (χ1v) is 12.1. The Bertz CT molecular complexity index is 1160. The first kappa shape index (κ1) is 18.9. The van der Waals surface area contributed by atoms with Crippen molar-refractivity contribution in [3.8, 4) is 9.75 Å². The monoisotopic (exact) mass is 438 g/mol. The van der Waals surface area contributed by atoms with Gasteiger partial charge < -0.3 is 5.73 Å². The van der Waals surface area contributed by atoms with Crippen molar-refractivity contribution in [1.29, 1.82) is 0 Å². The highest BCUT2D eigenvalue weighted by Gasteiger charge is 2.49. The molecular formula is C19H19ClN2O2S3. The molecule has 3 heterocycles. The summed E-state index contributed by atoms with van der Waals surface area (Å²) in [5, 5.41) is 1.71. The Morgan fingerprint density at radius 3 is 2.44 bits per heavy atom. The molecule has 1 atom stereocenters. The van der Waals surface area contributed by atoms with Crippen LogP contribution < -0.4 is 5.73 Å². The molecule has 2 N–H and O–H groups in total. The molecule has 8 heteroatoms. The van der Waals surface area contributed by atoms with Crippen LogP contribution in [0, 0.1) is 0 Å². The molecule has 4 rings (SSSR count). The maximum atomic E-state index is 12.8. The number of amidine groups is 1. The van der Waals surface area contributed by atoms with E-state index in [1.54, 1.807) is 32.1 Å². The standard InChI is InChI=1S/C19H19ClN2O2S3/c1-18(2)17(21)22-19(3,10-27(18,23)24)16-12(20)9-15(26-16)14-8-11-6-4-5-7-13(11)25-14/h4-9H,10H2,1-3H3,(H2,21,22). The summed E-state index contributed by atoms with van der Waals surface area (Å²) < 4.78 is 25.7. The third-order valence-corrected chi connectivity index (χ3v) is 10.9. The van der Waals surface area contributed by atoms with Gasteiger partial charge in [0.1, 0.15) is 16.1 Å². The van der Waals surface area contributed by atoms with Crippen LogP contribution in [-0.4, -0.2) is 24.8 Å². The van der Waals surface area contributed by atoms with E-state index in [1.165, 1.54) is 21.4 Å². The predicted molar refractivity (Wildman–Crippen MR) is 117 cm³/mol. The summed E-state index contributed by atoms with van der Waals surface area (Å²) in [7, 11) is -3.46. The number of rotatable bonds is 2. The fourth-order valence-electron chi connectivity index (χ4n) is 3.22. The minimum Gasteiger partial charge on any atom is -0.386 e. The van der Waals surface area contributed by atoms with Crippen LogP contribution in [0.2, 0.25) is 5.02 Å². The summed E-state index contributed by atoms with van der Waals surface area (Å²) in [6.07, 6.45) is 0. The highest BCUT2D eigenvalue weighted by atomic mass is 35.5. The van der Waals surface area contributed by atoms with Gasteiger partial charge in [-0.15, -0.1) is 22.7 Å². The number of nitrogens with zero attached hydrogens (tertiary/aromatic N) is 1. The van der Waals surface area contributed by atoms with Gasteiger partial charge in [0.25, 0.3) is 0 Å². The quantitative estimate of drug-likeness (QED) is 0.607. The highest BCUT2D eigenvalue weighted by Crippen LogP contribution is 2.47. The molecule has 0 bridgehead atoms. The second-order valence-electron chi connectivity index (χ2n) is 7.48. The van der Waals surface area contributed by atoms with Gasteiger partial charge in [0.05, 0.1) is 15.7 Å². The van der Waals surface area contributed by atoms with E-state index in [4.69, 9.17) is 17.3 Å². The van der Waals surface area contributed by atoms with Gasteiger partial charge in [-0.1, -0.05) is 29.8 Å². The molecule has 0 saturated heterocycles. The van der Waals surface area contributed by atoms with Gasteiger partial charge in [-0.3, -0.25) is 4.99 Å². The van der Waals surface area contributed by atoms with Gasteiger partial charge in [-0.25, -0.2) is 8.42 Å². The summed E-state index contributed by atoms with van der Waals surface area (Å²) in [5.74, 6) is 0.0175. The van der Waals surface area contributed by atoms with Crippen LogP contribution in [0.1, 0.15) is 25.6 Å². The van der Waals surface area contributed by atoms with E-state index >= 15 is 0 Å². The Labute approximate surface area is 171 Å². The second-order valence-corrected chi connectivity index (χ2v) is 12.6. The van der Waals surface area contributed by atoms with Crippen molar-refractivity contribution in [2.45, 2.75) is 31.1 Å². The zero-order chi connectivity index (χ0) is 19.6. The molecule has 1 unspecified atom stereocenters. The Kier molecular flexibility index (Phi) is 4.24. The van der Waals surface area contributed by atoms with Gasteiger partial charge in [0.15, 0.2) is 9.84 Å². The summed E-state index contributed by atoms with van der Waals surface area (Å²) in [6.45, 7) is 4.98. The third-order valence-electron chi connectivity index (χ3n) is 5.08. The fourth-order valence-corrected chi connectivity index (χ4v) is 7.75. The number of aliphatic imine (C=N–C) groups is 1. The van der Waals surface area contributed by atoms with E-state index < -0.39 is 20.1 Å². The summed E-state index contributed by atoms with van der Waals surface area (Å²) in [6, 6.07) is 12.2. The Balaban J connectivity index is 1.83. The normalized spacial score (nSPS) is 24.1. The number of fused-ring (bicyclic) bond motifs is 1. The molecule has 4 nitrogen and oxygen atoms in total. The second kappa shape index (κ2) is 6.04. The average molecular weight is 439 g/mol. The lowest BCUT2D eigenvalue weighted by molar-refractivity contribution is 0.507. The van der Waals surface area contributed by atoms with E-state index in [1.807, 2.05) is 18.2 Å². The SMILES string of the molecule is CC1(c2sc(-c3cc4ccccc4s3)cc2Cl)CS(=O)(=O)C(C)(C)C(N)=N1. The molecule has 1 aliphatic heterocycles. The molecule has 1 aliphatic rings. The van der Waals surface area contributed by atoms with Gasteiger partial charge in [-0.05, 0) is 44.4 Å². The topological polar surface area (TPSA) is 72.5 Å². The van der Waals surface area contributed by atoms with E-state index in [-0.39, 0.29) is 11.6 Å². The van der Waals surface area contributed by atoms with Gasteiger partial charge >= 0.3 is 0 Å². The molecule has 0 spiro atoms. The van der Waals surface area contributed by atoms with E-state index in [0.717, 1.165) is 14.6 Å². The zero-order valence-electron chi connectivity index (χ0n) is 15.1. The smallest absolute Gasteiger partial charge is 0.165 e. The van der Waals surface area contributed by atoms with Crippen LogP contribution in [0.25, 0.3) is 19.8 Å². The Morgan fingerprint density at radius 2 is 1.78 bits per heavy atom. The molecule has 1 aromatic carbocycles. The largest absolute Gasteiger partial charge is 0.386 e. The van der Waals surface area contributed by atoms with Gasteiger partial charge in [-0.2, -0.15) is 0 Å². The van der Waals surface area contributed by atoms with Crippen molar-refractivity contribution in [2.75, 3.05) is 5.75 Å². The van der Waals surface area contributed by atoms with Crippen molar-refractivity contribution >= 4 is 60.0 Å². The third kappa shape index (κ3) is 2.92. The minimum atomic E-state index is -3.46. The number of hydrogen-bond acceptors (Lipinski definition) is 6. The van der Waals surface area contributed by atoms with Gasteiger partial charge in [0.2, 0.25) is 0 Å². The molecule has 0 fully saturated rings. The molecule has 0 radical (unpaired) electrons. The predicted octanol–water partition coefficient (Wildman–Crippen LogP) is 5.06. The van der Waals surface area contributed by atoms with E-state index in [2.05, 4.69) is 23.2 Å². The number of nitrogens with two attached hydrogens (primary N) is 1. The van der Waals surface area contributed by atoms with Crippen LogP contribution in [-0.2, 0) is 15.4 Å². The lowest BCUT2D eigenvalue weighted by atomic mass is 10.0. The first-order chi connectivity index (χ1) is 12.5. The van der Waals surface area contributed by atoms with Crippen LogP contribution in [0.15, 0.2) is 41.4 Å². The van der Waals surface area contributed by atoms with Crippen molar-refractivity contribution in [2.24, 2.45) is 10.7 Å². The number of sulfone groups is 1. The van der Waals surface area contributed by atoms with Crippen molar-refractivity contribution < 1.29 is 8.42 Å². The average Bonchev–Trinajstić information content (AvgIpc) is 3.16. The van der Waals surface area contributed by atoms with Crippen LogP contribution in [0.4, 0.5) is 0 Å². The van der Waals surface area contributed by atoms with E-state index in [9.17, 15) is 8.42 Å². The number of halogens is 1.